The second-order valence-corrected chi connectivity index (χ2v) is 10.6. The van der Waals surface area contributed by atoms with Gasteiger partial charge in [-0.25, -0.2) is 8.42 Å². The van der Waals surface area contributed by atoms with E-state index in [1.807, 2.05) is 30.3 Å². The van der Waals surface area contributed by atoms with E-state index in [1.54, 1.807) is 18.2 Å². The summed E-state index contributed by atoms with van der Waals surface area (Å²) < 4.78 is 25.4. The van der Waals surface area contributed by atoms with Crippen molar-refractivity contribution in [2.45, 2.75) is 48.8 Å². The zero-order valence-corrected chi connectivity index (χ0v) is 18.8. The van der Waals surface area contributed by atoms with E-state index >= 15 is 0 Å². The number of benzene rings is 3. The molecule has 0 amide bonds. The van der Waals surface area contributed by atoms with Crippen molar-refractivity contribution in [3.63, 3.8) is 0 Å². The maximum atomic E-state index is 12.7. The first-order valence-electron chi connectivity index (χ1n) is 11.1. The quantitative estimate of drug-likeness (QED) is 0.370. The largest absolute Gasteiger partial charge is 0.508 e. The van der Waals surface area contributed by atoms with Crippen LogP contribution >= 0.6 is 0 Å². The molecule has 0 heterocycles. The fraction of sp³-hybridized carbons (Fsp3) is 0.296. The maximum absolute atomic E-state index is 12.7. The molecule has 3 aromatic rings. The summed E-state index contributed by atoms with van der Waals surface area (Å²) in [6.45, 7) is 0. The van der Waals surface area contributed by atoms with E-state index < -0.39 is 9.84 Å². The van der Waals surface area contributed by atoms with Gasteiger partial charge in [-0.3, -0.25) is 0 Å². The van der Waals surface area contributed by atoms with Crippen molar-refractivity contribution in [2.75, 3.05) is 5.75 Å². The van der Waals surface area contributed by atoms with Crippen LogP contribution < -0.4 is 0 Å². The number of phenolic OH excluding ortho intramolecular Hbond substituents is 1. The normalized spacial score (nSPS) is 18.1. The minimum Gasteiger partial charge on any atom is -0.508 e. The van der Waals surface area contributed by atoms with Gasteiger partial charge < -0.3 is 9.90 Å². The number of hydrogen-bond donors (Lipinski definition) is 1. The van der Waals surface area contributed by atoms with Crippen LogP contribution in [0.3, 0.4) is 0 Å². The van der Waals surface area contributed by atoms with Crippen molar-refractivity contribution < 1.29 is 18.3 Å². The number of fused-ring (bicyclic) bond motifs is 1. The van der Waals surface area contributed by atoms with Crippen molar-refractivity contribution >= 4 is 16.1 Å². The zero-order valence-electron chi connectivity index (χ0n) is 18.0. The van der Waals surface area contributed by atoms with Crippen molar-refractivity contribution in [1.29, 1.82) is 0 Å². The summed E-state index contributed by atoms with van der Waals surface area (Å²) >= 11 is 0. The molecule has 0 aliphatic heterocycles. The third kappa shape index (κ3) is 4.78. The molecule has 166 valence electrons. The third-order valence-corrected chi connectivity index (χ3v) is 8.22. The smallest absolute Gasteiger partial charge is 0.178 e. The van der Waals surface area contributed by atoms with Crippen LogP contribution in [0.2, 0.25) is 0 Å². The lowest BCUT2D eigenvalue weighted by atomic mass is 9.69. The molecule has 0 radical (unpaired) electrons. The topological polar surface area (TPSA) is 71.4 Å². The molecule has 1 aliphatic carbocycles. The molecule has 5 heteroatoms. The van der Waals surface area contributed by atoms with Gasteiger partial charge in [0.25, 0.3) is 0 Å². The summed E-state index contributed by atoms with van der Waals surface area (Å²) in [6, 6.07) is 23.3. The number of hydrogen-bond acceptors (Lipinski definition) is 4. The lowest BCUT2D eigenvalue weighted by Gasteiger charge is -2.35. The number of aryl methyl sites for hydroxylation is 1. The molecule has 4 rings (SSSR count). The van der Waals surface area contributed by atoms with Gasteiger partial charge in [0.15, 0.2) is 9.84 Å². The first-order valence-corrected chi connectivity index (χ1v) is 12.8. The van der Waals surface area contributed by atoms with Crippen LogP contribution in [0.1, 0.15) is 59.8 Å². The summed E-state index contributed by atoms with van der Waals surface area (Å²) in [5.74, 6) is 0.695. The van der Waals surface area contributed by atoms with Crippen LogP contribution in [-0.4, -0.2) is 25.6 Å². The predicted molar refractivity (Wildman–Crippen MR) is 126 cm³/mol. The van der Waals surface area contributed by atoms with Crippen LogP contribution in [0.4, 0.5) is 0 Å². The summed E-state index contributed by atoms with van der Waals surface area (Å²) in [5.41, 5.74) is 4.68. The van der Waals surface area contributed by atoms with Crippen LogP contribution in [-0.2, 0) is 21.1 Å². The first-order chi connectivity index (χ1) is 15.5. The van der Waals surface area contributed by atoms with Crippen LogP contribution in [0, 0.1) is 0 Å². The number of sulfone groups is 1. The molecule has 0 spiro atoms. The molecule has 0 saturated carbocycles. The van der Waals surface area contributed by atoms with E-state index in [0.29, 0.717) is 24.2 Å². The van der Waals surface area contributed by atoms with Crippen molar-refractivity contribution in [3.05, 3.63) is 95.1 Å². The molecular formula is C27H28O4S. The number of phenols is 1. The van der Waals surface area contributed by atoms with Crippen molar-refractivity contribution in [1.82, 2.24) is 0 Å². The standard InChI is InChI=1S/C27H28O4S/c28-17-5-2-6-18-32(30,31)24-13-9-21(10-14-24)27-25(20-7-3-1-4-8-20)15-11-22-19-23(29)12-16-26(22)27/h1,3-4,7-10,12-14,16-17,19,25,27,29H,2,5-6,11,15,18H2/t25-,27+/m1/s1. The molecule has 2 atom stereocenters. The number of carbonyl (C=O) groups excluding carboxylic acids is 1. The van der Waals surface area contributed by atoms with Crippen LogP contribution in [0.25, 0.3) is 0 Å². The fourth-order valence-corrected chi connectivity index (χ4v) is 6.17. The lowest BCUT2D eigenvalue weighted by molar-refractivity contribution is -0.107. The average Bonchev–Trinajstić information content (AvgIpc) is 2.81. The number of aldehydes is 1. The first kappa shape index (κ1) is 22.3. The molecule has 4 nitrogen and oxygen atoms in total. The highest BCUT2D eigenvalue weighted by Crippen LogP contribution is 2.47. The number of aromatic hydroxyl groups is 1. The Kier molecular flexibility index (Phi) is 6.75. The minimum absolute atomic E-state index is 0.0539. The van der Waals surface area contributed by atoms with Gasteiger partial charge in [0.05, 0.1) is 10.6 Å². The SMILES string of the molecule is O=CCCCCS(=O)(=O)c1ccc([C@@H]2c3ccc(O)cc3CC[C@@H]2c2ccccc2)cc1. The second-order valence-electron chi connectivity index (χ2n) is 8.47. The van der Waals surface area contributed by atoms with Gasteiger partial charge in [-0.15, -0.1) is 0 Å². The third-order valence-electron chi connectivity index (χ3n) is 6.40. The minimum atomic E-state index is -3.37. The van der Waals surface area contributed by atoms with E-state index in [0.717, 1.165) is 30.3 Å². The average molecular weight is 449 g/mol. The molecule has 0 unspecified atom stereocenters. The van der Waals surface area contributed by atoms with Gasteiger partial charge in [0.2, 0.25) is 0 Å². The van der Waals surface area contributed by atoms with Gasteiger partial charge in [-0.2, -0.15) is 0 Å². The molecule has 0 aromatic heterocycles. The number of carbonyl (C=O) groups is 1. The monoisotopic (exact) mass is 448 g/mol. The van der Waals surface area contributed by atoms with E-state index in [9.17, 15) is 18.3 Å². The van der Waals surface area contributed by atoms with E-state index in [2.05, 4.69) is 24.3 Å². The number of unbranched alkanes of at least 4 members (excludes halogenated alkanes) is 2. The molecule has 1 N–H and O–H groups in total. The van der Waals surface area contributed by atoms with Gasteiger partial charge in [-0.1, -0.05) is 48.5 Å². The van der Waals surface area contributed by atoms with Gasteiger partial charge in [-0.05, 0) is 78.1 Å². The van der Waals surface area contributed by atoms with Crippen LogP contribution in [0.5, 0.6) is 5.75 Å². The Hall–Kier alpha value is -2.92. The summed E-state index contributed by atoms with van der Waals surface area (Å²) in [7, 11) is -3.37. The van der Waals surface area contributed by atoms with Crippen molar-refractivity contribution in [3.8, 4) is 5.75 Å². The Morgan fingerprint density at radius 2 is 1.66 bits per heavy atom. The summed E-state index contributed by atoms with van der Waals surface area (Å²) in [4.78, 5) is 10.8. The Morgan fingerprint density at radius 3 is 2.38 bits per heavy atom. The number of rotatable bonds is 8. The summed E-state index contributed by atoms with van der Waals surface area (Å²) in [5, 5.41) is 9.97. The van der Waals surface area contributed by atoms with E-state index in [-0.39, 0.29) is 23.3 Å². The molecule has 0 bridgehead atoms. The molecule has 1 aliphatic rings. The zero-order chi connectivity index (χ0) is 22.6. The fourth-order valence-electron chi connectivity index (χ4n) is 4.80. The summed E-state index contributed by atoms with van der Waals surface area (Å²) in [6.07, 6.45) is 4.15. The van der Waals surface area contributed by atoms with Crippen molar-refractivity contribution in [2.24, 2.45) is 0 Å². The highest BCUT2D eigenvalue weighted by molar-refractivity contribution is 7.91. The highest BCUT2D eigenvalue weighted by atomic mass is 32.2. The van der Waals surface area contributed by atoms with Crippen LogP contribution in [0.15, 0.2) is 77.7 Å². The van der Waals surface area contributed by atoms with E-state index in [4.69, 9.17) is 0 Å². The second kappa shape index (κ2) is 9.70. The Labute approximate surface area is 189 Å². The molecule has 0 fully saturated rings. The maximum Gasteiger partial charge on any atom is 0.178 e. The Balaban J connectivity index is 1.67. The van der Waals surface area contributed by atoms with Gasteiger partial charge >= 0.3 is 0 Å². The Bertz CT molecular complexity index is 1170. The van der Waals surface area contributed by atoms with Gasteiger partial charge in [0, 0.05) is 12.3 Å². The Morgan fingerprint density at radius 1 is 0.906 bits per heavy atom. The molecule has 3 aromatic carbocycles. The highest BCUT2D eigenvalue weighted by Gasteiger charge is 2.32. The van der Waals surface area contributed by atoms with Gasteiger partial charge in [0.1, 0.15) is 12.0 Å². The molecular weight excluding hydrogens is 420 g/mol. The molecule has 0 saturated heterocycles. The lowest BCUT2D eigenvalue weighted by Crippen LogP contribution is -2.20. The van der Waals surface area contributed by atoms with E-state index in [1.165, 1.54) is 11.1 Å². The predicted octanol–water partition coefficient (Wildman–Crippen LogP) is 5.40. The molecule has 32 heavy (non-hydrogen) atoms.